The molecule has 0 heterocycles. The van der Waals surface area contributed by atoms with E-state index in [-0.39, 0.29) is 6.08 Å². The van der Waals surface area contributed by atoms with Crippen molar-refractivity contribution in [3.8, 4) is 0 Å². The maximum Gasteiger partial charge on any atom is 0.473 e. The van der Waals surface area contributed by atoms with Crippen LogP contribution < -0.4 is 0 Å². The number of alkyl halides is 13. The van der Waals surface area contributed by atoms with Gasteiger partial charge < -0.3 is 4.74 Å². The maximum atomic E-state index is 13.4. The standard InChI is InChI=1S/C13H11F13O2/c1-2-7(27)28-13(25,26)12(23,24)11(21,22)10(19,20)8(14,15)5-3-4-6-9(16,17)18/h2H,1,3-6H2. The van der Waals surface area contributed by atoms with Gasteiger partial charge in [-0.2, -0.15) is 57.1 Å². The van der Waals surface area contributed by atoms with Crippen LogP contribution in [0, 0.1) is 0 Å². The molecule has 0 aromatic rings. The quantitative estimate of drug-likeness (QED) is 0.179. The van der Waals surface area contributed by atoms with E-state index in [2.05, 4.69) is 11.3 Å². The third-order valence-electron chi connectivity index (χ3n) is 3.21. The van der Waals surface area contributed by atoms with E-state index in [4.69, 9.17) is 0 Å². The molecule has 0 rings (SSSR count). The first kappa shape index (κ1) is 26.3. The first-order valence-electron chi connectivity index (χ1n) is 6.97. The minimum absolute atomic E-state index is 0.227. The monoisotopic (exact) mass is 446 g/mol. The zero-order valence-electron chi connectivity index (χ0n) is 13.3. The number of unbranched alkanes of at least 4 members (excludes halogenated alkanes) is 1. The van der Waals surface area contributed by atoms with Crippen molar-refractivity contribution in [3.05, 3.63) is 12.7 Å². The molecule has 2 nitrogen and oxygen atoms in total. The van der Waals surface area contributed by atoms with Crippen LogP contribution in [0.5, 0.6) is 0 Å². The van der Waals surface area contributed by atoms with Crippen LogP contribution in [0.2, 0.25) is 0 Å². The van der Waals surface area contributed by atoms with Gasteiger partial charge in [0.05, 0.1) is 0 Å². The summed E-state index contributed by atoms with van der Waals surface area (Å²) in [5.41, 5.74) is 0. The molecule has 0 amide bonds. The largest absolute Gasteiger partial charge is 0.473 e. The predicted molar refractivity (Wildman–Crippen MR) is 65.5 cm³/mol. The van der Waals surface area contributed by atoms with Crippen molar-refractivity contribution in [2.24, 2.45) is 0 Å². The molecule has 0 aliphatic heterocycles. The molecule has 0 aliphatic rings. The molecule has 0 N–H and O–H groups in total. The molecule has 0 aromatic carbocycles. The summed E-state index contributed by atoms with van der Waals surface area (Å²) >= 11 is 0. The van der Waals surface area contributed by atoms with Gasteiger partial charge in [0.25, 0.3) is 0 Å². The van der Waals surface area contributed by atoms with Crippen molar-refractivity contribution in [3.63, 3.8) is 0 Å². The van der Waals surface area contributed by atoms with E-state index in [1.807, 2.05) is 0 Å². The number of rotatable bonds is 10. The molecule has 0 saturated carbocycles. The number of carbonyl (C=O) groups excluding carboxylic acids is 1. The number of carbonyl (C=O) groups is 1. The van der Waals surface area contributed by atoms with Crippen LogP contribution in [0.25, 0.3) is 0 Å². The Labute approximate surface area is 148 Å². The summed E-state index contributed by atoms with van der Waals surface area (Å²) in [4.78, 5) is 10.5. The maximum absolute atomic E-state index is 13.4. The summed E-state index contributed by atoms with van der Waals surface area (Å²) in [5.74, 6) is -30.5. The van der Waals surface area contributed by atoms with Crippen LogP contribution >= 0.6 is 0 Å². The Hall–Kier alpha value is -1.70. The predicted octanol–water partition coefficient (Wildman–Crippen LogP) is 5.97. The lowest BCUT2D eigenvalue weighted by Crippen LogP contribution is -2.67. The zero-order valence-corrected chi connectivity index (χ0v) is 13.3. The highest BCUT2D eigenvalue weighted by atomic mass is 19.4. The number of halogens is 13. The van der Waals surface area contributed by atoms with Gasteiger partial charge in [-0.1, -0.05) is 6.58 Å². The molecule has 0 aliphatic carbocycles. The van der Waals surface area contributed by atoms with Crippen LogP contribution in [0.15, 0.2) is 12.7 Å². The van der Waals surface area contributed by atoms with Gasteiger partial charge in [0.15, 0.2) is 0 Å². The molecule has 0 aromatic heterocycles. The zero-order chi connectivity index (χ0) is 22.8. The average molecular weight is 446 g/mol. The second-order valence-corrected chi connectivity index (χ2v) is 5.39. The van der Waals surface area contributed by atoms with Gasteiger partial charge in [-0.15, -0.1) is 0 Å². The number of hydrogen-bond donors (Lipinski definition) is 0. The Morgan fingerprint density at radius 1 is 0.714 bits per heavy atom. The van der Waals surface area contributed by atoms with Gasteiger partial charge in [0.1, 0.15) is 0 Å². The fraction of sp³-hybridized carbons (Fsp3) is 0.769. The summed E-state index contributed by atoms with van der Waals surface area (Å²) in [7, 11) is 0. The summed E-state index contributed by atoms with van der Waals surface area (Å²) in [6.07, 6.45) is -18.7. The Morgan fingerprint density at radius 3 is 1.54 bits per heavy atom. The van der Waals surface area contributed by atoms with E-state index >= 15 is 0 Å². The van der Waals surface area contributed by atoms with Gasteiger partial charge in [0.2, 0.25) is 0 Å². The van der Waals surface area contributed by atoms with Crippen molar-refractivity contribution in [1.29, 1.82) is 0 Å². The molecule has 15 heteroatoms. The normalized spacial score (nSPS) is 14.8. The Balaban J connectivity index is 5.63. The second-order valence-electron chi connectivity index (χ2n) is 5.39. The number of hydrogen-bond acceptors (Lipinski definition) is 2. The molecule has 28 heavy (non-hydrogen) atoms. The highest BCUT2D eigenvalue weighted by Crippen LogP contribution is 2.58. The van der Waals surface area contributed by atoms with Crippen LogP contribution in [-0.2, 0) is 9.53 Å². The first-order valence-corrected chi connectivity index (χ1v) is 6.97. The van der Waals surface area contributed by atoms with Crippen molar-refractivity contribution in [2.75, 3.05) is 0 Å². The highest BCUT2D eigenvalue weighted by molar-refractivity contribution is 5.81. The summed E-state index contributed by atoms with van der Waals surface area (Å²) in [6, 6.07) is 0. The smallest absolute Gasteiger partial charge is 0.393 e. The van der Waals surface area contributed by atoms with Crippen molar-refractivity contribution < 1.29 is 66.6 Å². The van der Waals surface area contributed by atoms with E-state index in [9.17, 15) is 61.9 Å². The minimum atomic E-state index is -7.47. The molecule has 166 valence electrons. The van der Waals surface area contributed by atoms with Crippen LogP contribution in [0.4, 0.5) is 57.1 Å². The molecule has 0 saturated heterocycles. The van der Waals surface area contributed by atoms with Crippen molar-refractivity contribution in [1.82, 2.24) is 0 Å². The van der Waals surface area contributed by atoms with Gasteiger partial charge in [0, 0.05) is 18.9 Å². The van der Waals surface area contributed by atoms with Crippen molar-refractivity contribution >= 4 is 5.97 Å². The van der Waals surface area contributed by atoms with Crippen LogP contribution in [0.1, 0.15) is 25.7 Å². The van der Waals surface area contributed by atoms with E-state index < -0.39 is 67.6 Å². The fourth-order valence-electron chi connectivity index (χ4n) is 1.67. The second kappa shape index (κ2) is 7.97. The summed E-state index contributed by atoms with van der Waals surface area (Å²) < 4.78 is 171. The fourth-order valence-corrected chi connectivity index (χ4v) is 1.67. The minimum Gasteiger partial charge on any atom is -0.393 e. The van der Waals surface area contributed by atoms with Crippen molar-refractivity contribution in [2.45, 2.75) is 61.7 Å². The number of ether oxygens (including phenoxy) is 1. The van der Waals surface area contributed by atoms with Gasteiger partial charge in [-0.3, -0.25) is 0 Å². The van der Waals surface area contributed by atoms with E-state index in [1.54, 1.807) is 0 Å². The summed E-state index contributed by atoms with van der Waals surface area (Å²) in [6.45, 7) is 2.45. The van der Waals surface area contributed by atoms with E-state index in [1.165, 1.54) is 0 Å². The van der Waals surface area contributed by atoms with Gasteiger partial charge in [-0.05, 0) is 12.8 Å². The number of esters is 1. The molecule has 0 atom stereocenters. The third-order valence-corrected chi connectivity index (χ3v) is 3.21. The Morgan fingerprint density at radius 2 is 1.14 bits per heavy atom. The molecule has 0 unspecified atom stereocenters. The van der Waals surface area contributed by atoms with E-state index in [0.717, 1.165) is 0 Å². The topological polar surface area (TPSA) is 26.3 Å². The van der Waals surface area contributed by atoms with E-state index in [0.29, 0.717) is 0 Å². The summed E-state index contributed by atoms with van der Waals surface area (Å²) in [5, 5.41) is 0. The lowest BCUT2D eigenvalue weighted by atomic mass is 9.94. The van der Waals surface area contributed by atoms with Crippen LogP contribution in [-0.4, -0.2) is 41.9 Å². The highest BCUT2D eigenvalue weighted by Gasteiger charge is 2.87. The SMILES string of the molecule is C=CC(=O)OC(F)(F)C(F)(F)C(F)(F)C(F)(F)C(F)(F)CCCCC(F)(F)F. The van der Waals surface area contributed by atoms with Crippen LogP contribution in [0.3, 0.4) is 0 Å². The molecule has 0 spiro atoms. The molecular weight excluding hydrogens is 435 g/mol. The first-order chi connectivity index (χ1) is 12.2. The Kier molecular flexibility index (Phi) is 7.48. The van der Waals surface area contributed by atoms with Gasteiger partial charge >= 0.3 is 41.9 Å². The lowest BCUT2D eigenvalue weighted by molar-refractivity contribution is -0.436. The molecule has 0 bridgehead atoms. The Bertz CT molecular complexity index is 565. The van der Waals surface area contributed by atoms with Gasteiger partial charge in [-0.25, -0.2) is 4.79 Å². The molecule has 0 radical (unpaired) electrons. The molecular formula is C13H11F13O2. The lowest BCUT2D eigenvalue weighted by Gasteiger charge is -2.38. The third kappa shape index (κ3) is 5.21. The average Bonchev–Trinajstić information content (AvgIpc) is 2.49. The molecule has 0 fully saturated rings.